The van der Waals surface area contributed by atoms with Crippen molar-refractivity contribution in [3.05, 3.63) is 35.6 Å². The monoisotopic (exact) mass is 159 g/mol. The second kappa shape index (κ2) is 2.03. The maximum absolute atomic E-state index is 3.50. The van der Waals surface area contributed by atoms with Gasteiger partial charge in [-0.3, -0.25) is 0 Å². The molecule has 0 atom stereocenters. The van der Waals surface area contributed by atoms with Crippen LogP contribution in [0.5, 0.6) is 0 Å². The van der Waals surface area contributed by atoms with Gasteiger partial charge in [-0.1, -0.05) is 18.2 Å². The lowest BCUT2D eigenvalue weighted by molar-refractivity contribution is 0.616. The van der Waals surface area contributed by atoms with E-state index in [9.17, 15) is 0 Å². The van der Waals surface area contributed by atoms with Crippen LogP contribution in [0.15, 0.2) is 35.6 Å². The summed E-state index contributed by atoms with van der Waals surface area (Å²) in [6, 6.07) is 0. The van der Waals surface area contributed by atoms with Crippen LogP contribution < -0.4 is 5.32 Å². The lowest BCUT2D eigenvalue weighted by Crippen LogP contribution is -2.12. The van der Waals surface area contributed by atoms with Gasteiger partial charge in [-0.05, 0) is 30.9 Å². The van der Waals surface area contributed by atoms with Gasteiger partial charge in [-0.2, -0.15) is 0 Å². The van der Waals surface area contributed by atoms with E-state index in [0.717, 1.165) is 6.42 Å². The molecule has 1 saturated carbocycles. The van der Waals surface area contributed by atoms with E-state index in [4.69, 9.17) is 0 Å². The summed E-state index contributed by atoms with van der Waals surface area (Å²) in [6.45, 7) is 1.19. The average Bonchev–Trinajstić information content (AvgIpc) is 2.77. The maximum atomic E-state index is 3.50. The van der Waals surface area contributed by atoms with Crippen molar-refractivity contribution < 1.29 is 0 Å². The summed E-state index contributed by atoms with van der Waals surface area (Å²) < 4.78 is 0. The Hall–Kier alpha value is -0.980. The van der Waals surface area contributed by atoms with E-state index in [1.807, 2.05) is 0 Å². The second-order valence-electron chi connectivity index (χ2n) is 4.02. The van der Waals surface area contributed by atoms with Crippen LogP contribution >= 0.6 is 0 Å². The van der Waals surface area contributed by atoms with Crippen molar-refractivity contribution in [3.63, 3.8) is 0 Å². The normalized spacial score (nSPS) is 28.7. The van der Waals surface area contributed by atoms with Crippen LogP contribution in [0.3, 0.4) is 0 Å². The molecule has 1 spiro atoms. The molecule has 1 N–H and O–H groups in total. The minimum atomic E-state index is 0.592. The Morgan fingerprint density at radius 2 is 2.17 bits per heavy atom. The van der Waals surface area contributed by atoms with Gasteiger partial charge in [0.05, 0.1) is 0 Å². The Morgan fingerprint density at radius 3 is 3.00 bits per heavy atom. The summed E-state index contributed by atoms with van der Waals surface area (Å²) >= 11 is 0. The van der Waals surface area contributed by atoms with Gasteiger partial charge >= 0.3 is 0 Å². The van der Waals surface area contributed by atoms with Crippen molar-refractivity contribution in [1.29, 1.82) is 0 Å². The Bertz CT molecular complexity index is 303. The number of nitrogens with one attached hydrogen (secondary N) is 1. The van der Waals surface area contributed by atoms with Crippen LogP contribution in [-0.4, -0.2) is 6.54 Å². The first-order valence-electron chi connectivity index (χ1n) is 4.71. The molecule has 0 unspecified atom stereocenters. The quantitative estimate of drug-likeness (QED) is 0.571. The second-order valence-corrected chi connectivity index (χ2v) is 4.02. The molecule has 1 nitrogen and oxygen atoms in total. The highest BCUT2D eigenvalue weighted by Gasteiger charge is 2.49. The molecule has 1 aliphatic heterocycles. The molecule has 0 radical (unpaired) electrons. The standard InChI is InChI=1S/C11H13N/c1-2-4-9-10(5-3-1)12-8-11(9)6-7-11/h1-3,5,12H,4,6-8H2. The molecule has 1 heteroatoms. The van der Waals surface area contributed by atoms with Crippen LogP contribution in [-0.2, 0) is 0 Å². The highest BCUT2D eigenvalue weighted by atomic mass is 15.0. The summed E-state index contributed by atoms with van der Waals surface area (Å²) in [7, 11) is 0. The summed E-state index contributed by atoms with van der Waals surface area (Å²) in [6.07, 6.45) is 12.7. The Labute approximate surface area is 72.9 Å². The molecule has 0 amide bonds. The van der Waals surface area contributed by atoms with Gasteiger partial charge in [0.15, 0.2) is 0 Å². The largest absolute Gasteiger partial charge is 0.384 e. The number of hydrogen-bond donors (Lipinski definition) is 1. The van der Waals surface area contributed by atoms with E-state index < -0.39 is 0 Å². The summed E-state index contributed by atoms with van der Waals surface area (Å²) in [5.74, 6) is 0. The van der Waals surface area contributed by atoms with Crippen molar-refractivity contribution in [1.82, 2.24) is 5.32 Å². The number of fused-ring (bicyclic) bond motifs is 1. The lowest BCUT2D eigenvalue weighted by atomic mass is 9.95. The van der Waals surface area contributed by atoms with Crippen LogP contribution in [0, 0.1) is 5.41 Å². The van der Waals surface area contributed by atoms with Crippen LogP contribution in [0.25, 0.3) is 0 Å². The van der Waals surface area contributed by atoms with E-state index in [1.54, 1.807) is 5.57 Å². The fourth-order valence-corrected chi connectivity index (χ4v) is 2.30. The van der Waals surface area contributed by atoms with Crippen LogP contribution in [0.1, 0.15) is 19.3 Å². The zero-order valence-electron chi connectivity index (χ0n) is 7.14. The van der Waals surface area contributed by atoms with Gasteiger partial charge in [-0.25, -0.2) is 0 Å². The minimum Gasteiger partial charge on any atom is -0.384 e. The molecule has 0 aromatic carbocycles. The molecule has 12 heavy (non-hydrogen) atoms. The smallest absolute Gasteiger partial charge is 0.0341 e. The van der Waals surface area contributed by atoms with E-state index in [2.05, 4.69) is 29.6 Å². The third kappa shape index (κ3) is 0.739. The zero-order chi connectivity index (χ0) is 8.02. The van der Waals surface area contributed by atoms with Gasteiger partial charge in [0, 0.05) is 17.7 Å². The third-order valence-electron chi connectivity index (χ3n) is 3.27. The number of rotatable bonds is 0. The first-order valence-corrected chi connectivity index (χ1v) is 4.71. The highest BCUT2D eigenvalue weighted by Crippen LogP contribution is 2.56. The van der Waals surface area contributed by atoms with Gasteiger partial charge < -0.3 is 5.32 Å². The number of hydrogen-bond acceptors (Lipinski definition) is 1. The van der Waals surface area contributed by atoms with E-state index in [-0.39, 0.29) is 0 Å². The van der Waals surface area contributed by atoms with E-state index in [1.165, 1.54) is 25.1 Å². The molecular formula is C11H13N. The average molecular weight is 159 g/mol. The minimum absolute atomic E-state index is 0.592. The topological polar surface area (TPSA) is 12.0 Å². The van der Waals surface area contributed by atoms with Crippen molar-refractivity contribution in [3.8, 4) is 0 Å². The van der Waals surface area contributed by atoms with Crippen LogP contribution in [0.4, 0.5) is 0 Å². The molecular weight excluding hydrogens is 146 g/mol. The molecule has 3 aliphatic rings. The van der Waals surface area contributed by atoms with Crippen molar-refractivity contribution in [2.45, 2.75) is 19.3 Å². The molecule has 0 aromatic rings. The Kier molecular flexibility index (Phi) is 1.11. The predicted molar refractivity (Wildman–Crippen MR) is 49.6 cm³/mol. The Balaban J connectivity index is 2.05. The summed E-state index contributed by atoms with van der Waals surface area (Å²) in [4.78, 5) is 0. The fraction of sp³-hybridized carbons (Fsp3) is 0.455. The molecule has 0 bridgehead atoms. The fourth-order valence-electron chi connectivity index (χ4n) is 2.30. The lowest BCUT2D eigenvalue weighted by Gasteiger charge is -2.07. The molecule has 1 heterocycles. The van der Waals surface area contributed by atoms with Crippen LogP contribution in [0.2, 0.25) is 0 Å². The van der Waals surface area contributed by atoms with E-state index >= 15 is 0 Å². The summed E-state index contributed by atoms with van der Waals surface area (Å²) in [5.41, 5.74) is 3.65. The highest BCUT2D eigenvalue weighted by molar-refractivity contribution is 5.42. The zero-order valence-corrected chi connectivity index (χ0v) is 7.14. The SMILES string of the molecule is C1=CCC2=C(C=C1)NCC21CC1. The molecule has 2 aliphatic carbocycles. The van der Waals surface area contributed by atoms with Gasteiger partial charge in [0.1, 0.15) is 0 Å². The first kappa shape index (κ1) is 6.53. The van der Waals surface area contributed by atoms with Gasteiger partial charge in [-0.15, -0.1) is 0 Å². The first-order chi connectivity index (χ1) is 5.91. The predicted octanol–water partition coefficient (Wildman–Crippen LogP) is 2.14. The number of allylic oxidation sites excluding steroid dienone is 4. The van der Waals surface area contributed by atoms with Gasteiger partial charge in [0.25, 0.3) is 0 Å². The van der Waals surface area contributed by atoms with E-state index in [0.29, 0.717) is 5.41 Å². The van der Waals surface area contributed by atoms with Crippen molar-refractivity contribution in [2.24, 2.45) is 5.41 Å². The molecule has 62 valence electrons. The molecule has 1 fully saturated rings. The molecule has 3 rings (SSSR count). The molecule has 0 saturated heterocycles. The van der Waals surface area contributed by atoms with Crippen molar-refractivity contribution >= 4 is 0 Å². The van der Waals surface area contributed by atoms with Gasteiger partial charge in [0.2, 0.25) is 0 Å². The third-order valence-corrected chi connectivity index (χ3v) is 3.27. The molecule has 0 aromatic heterocycles. The maximum Gasteiger partial charge on any atom is 0.0341 e. The van der Waals surface area contributed by atoms with Crippen molar-refractivity contribution in [2.75, 3.05) is 6.54 Å². The summed E-state index contributed by atoms with van der Waals surface area (Å²) in [5, 5.41) is 3.50. The Morgan fingerprint density at radius 1 is 1.25 bits per heavy atom.